The van der Waals surface area contributed by atoms with Crippen LogP contribution in [0, 0.1) is 41.4 Å². The fourth-order valence-electron chi connectivity index (χ4n) is 16.3. The summed E-state index contributed by atoms with van der Waals surface area (Å²) in [5.41, 5.74) is 9.72. The smallest absolute Gasteiger partial charge is 0.410 e. The standard InChI is InChI=1S/C77H93N11O18S2/c1-46(2)56(35-61(90)52(20-25-67(94)95)34-53(89)39-87-65(92)23-24-66(87)93)70(97)81-59(14-10-27-79-72(78)100)62(91)33-49-16-18-50(19-17-49)41-105-74(101)85(30-32-108(102,103)104)29-31-106-77-37-47(3)36-75(5,43-77)42-76(6,44-77)45-88-48(4)57(38-80-88)54-21-22-64(83-68(54)71(98)99)86-28-26-51-11-9-12-55(58(51)40-86)69(96)84-73-82-60-13-7-8-15-63(60)107-73/h7-9,11-13,15-19,21-24,38,46-47,52,56,59H,10,14,20,25-37,39-45H2,1-6H3,(H,81,97)(H,94,95)(H,98,99)(H3,78,79,100)(H,82,84,96)(H,102,103,104)/t47?,52-,56+,59+,75?,76?,77?/m1/s1. The number of aliphatic carboxylic acids is 1. The molecule has 8 N–H and O–H groups in total. The Morgan fingerprint density at radius 3 is 2.27 bits per heavy atom. The Labute approximate surface area is 629 Å². The van der Waals surface area contributed by atoms with Crippen LogP contribution in [0.1, 0.15) is 154 Å². The van der Waals surface area contributed by atoms with Crippen LogP contribution in [0.15, 0.2) is 97.2 Å². The van der Waals surface area contributed by atoms with Crippen molar-refractivity contribution in [1.29, 1.82) is 0 Å². The molecular formula is C77H93N11O18S2. The van der Waals surface area contributed by atoms with Crippen LogP contribution in [0.2, 0.25) is 0 Å². The van der Waals surface area contributed by atoms with Crippen molar-refractivity contribution < 1.29 is 85.4 Å². The molecule has 7 atom stereocenters. The van der Waals surface area contributed by atoms with Crippen molar-refractivity contribution in [3.8, 4) is 11.1 Å². The van der Waals surface area contributed by atoms with Crippen LogP contribution < -0.4 is 26.6 Å². The lowest BCUT2D eigenvalue weighted by Crippen LogP contribution is -2.55. The number of hydrogen-bond acceptors (Lipinski definition) is 20. The molecule has 3 aromatic carbocycles. The Balaban J connectivity index is 0.758. The van der Waals surface area contributed by atoms with Crippen LogP contribution in [-0.2, 0) is 85.7 Å². The van der Waals surface area contributed by atoms with E-state index in [0.29, 0.717) is 89.0 Å². The molecule has 2 bridgehead atoms. The number of ketones is 3. The van der Waals surface area contributed by atoms with E-state index in [-0.39, 0.29) is 74.9 Å². The van der Waals surface area contributed by atoms with Crippen LogP contribution in [0.5, 0.6) is 0 Å². The number of aromatic nitrogens is 4. The Hall–Kier alpha value is -10.1. The van der Waals surface area contributed by atoms with E-state index in [0.717, 1.165) is 56.9 Å². The molecule has 6 aromatic rings. The van der Waals surface area contributed by atoms with E-state index in [1.807, 2.05) is 52.9 Å². The lowest BCUT2D eigenvalue weighted by Gasteiger charge is -2.58. The van der Waals surface area contributed by atoms with Gasteiger partial charge in [-0.3, -0.25) is 57.8 Å². The number of carbonyl (C=O) groups is 11. The van der Waals surface area contributed by atoms with Gasteiger partial charge >= 0.3 is 24.1 Å². The number of benzene rings is 3. The zero-order valence-corrected chi connectivity index (χ0v) is 63.0. The molecule has 31 heteroatoms. The van der Waals surface area contributed by atoms with E-state index in [9.17, 15) is 75.9 Å². The molecule has 108 heavy (non-hydrogen) atoms. The van der Waals surface area contributed by atoms with E-state index < -0.39 is 142 Å². The van der Waals surface area contributed by atoms with Crippen molar-refractivity contribution in [3.05, 3.63) is 136 Å². The highest BCUT2D eigenvalue weighted by atomic mass is 32.2. The number of fused-ring (bicyclic) bond motifs is 4. The van der Waals surface area contributed by atoms with Crippen LogP contribution in [0.3, 0.4) is 0 Å². The largest absolute Gasteiger partial charge is 0.481 e. The number of Topliss-reactive ketones (excluding diaryl/α,β-unsaturated/α-hetero) is 3. The first-order chi connectivity index (χ1) is 51.1. The predicted octanol–water partition coefficient (Wildman–Crippen LogP) is 8.93. The fourth-order valence-corrected chi connectivity index (χ4v) is 17.6. The highest BCUT2D eigenvalue weighted by molar-refractivity contribution is 7.85. The topological polar surface area (TPSA) is 416 Å². The monoisotopic (exact) mass is 1520 g/mol. The third-order valence-corrected chi connectivity index (χ3v) is 22.4. The van der Waals surface area contributed by atoms with Gasteiger partial charge in [0.15, 0.2) is 22.4 Å². The van der Waals surface area contributed by atoms with E-state index in [2.05, 4.69) is 41.7 Å². The van der Waals surface area contributed by atoms with Gasteiger partial charge in [0.05, 0.1) is 47.0 Å². The van der Waals surface area contributed by atoms with Crippen molar-refractivity contribution in [2.24, 2.45) is 40.2 Å². The van der Waals surface area contributed by atoms with Gasteiger partial charge in [0.25, 0.3) is 27.8 Å². The number of hydrogen-bond donors (Lipinski definition) is 7. The molecule has 7 amide bonds. The van der Waals surface area contributed by atoms with Gasteiger partial charge in [0.1, 0.15) is 18.2 Å². The van der Waals surface area contributed by atoms with Crippen LogP contribution >= 0.6 is 11.3 Å². The number of urea groups is 1. The maximum atomic E-state index is 14.1. The SMILES string of the molecule is Cc1c(-c2ccc(N3CCc4cccc(C(=O)Nc5nc6ccccc6s5)c4C3)nc2C(=O)O)cnn1CC1(C)CC2(C)CC(C)CC(OCCN(CCS(=O)(=O)O)C(=O)OCc3ccc(CC(=O)[C@H](CCCNC(N)=O)NC(=O)[C@@H](CC(=O)[C@H](CCC(=O)O)CC(=O)CN4C(=O)C=CC4=O)C(C)C)cc3)(C2)C1. The van der Waals surface area contributed by atoms with Gasteiger partial charge in [-0.15, -0.1) is 0 Å². The summed E-state index contributed by atoms with van der Waals surface area (Å²) in [7, 11) is -4.54. The zero-order valence-electron chi connectivity index (χ0n) is 61.4. The van der Waals surface area contributed by atoms with Gasteiger partial charge in [0.2, 0.25) is 5.91 Å². The number of thiazole rings is 1. The van der Waals surface area contributed by atoms with Gasteiger partial charge in [-0.2, -0.15) is 13.5 Å². The van der Waals surface area contributed by atoms with Gasteiger partial charge in [-0.25, -0.2) is 24.4 Å². The second-order valence-electron chi connectivity index (χ2n) is 30.2. The van der Waals surface area contributed by atoms with Crippen molar-refractivity contribution in [2.45, 2.75) is 156 Å². The molecule has 0 radical (unpaired) electrons. The number of ether oxygens (including phenoxy) is 2. The maximum absolute atomic E-state index is 14.1. The molecular weight excluding hydrogens is 1430 g/mol. The summed E-state index contributed by atoms with van der Waals surface area (Å²) >= 11 is 1.39. The van der Waals surface area contributed by atoms with E-state index in [4.69, 9.17) is 25.3 Å². The third-order valence-electron chi connectivity index (χ3n) is 20.8. The zero-order chi connectivity index (χ0) is 78.0. The molecule has 2 saturated carbocycles. The Morgan fingerprint density at radius 2 is 1.57 bits per heavy atom. The summed E-state index contributed by atoms with van der Waals surface area (Å²) in [5.74, 6) is -9.31. The highest BCUT2D eigenvalue weighted by Gasteiger charge is 2.56. The molecule has 0 saturated heterocycles. The van der Waals surface area contributed by atoms with Crippen molar-refractivity contribution in [1.82, 2.24) is 40.2 Å². The minimum absolute atomic E-state index is 0.0107. The summed E-state index contributed by atoms with van der Waals surface area (Å²) in [6.45, 7) is 11.8. The molecule has 3 aromatic heterocycles. The summed E-state index contributed by atoms with van der Waals surface area (Å²) in [4.78, 5) is 157. The number of nitrogens with two attached hydrogens (primary N) is 1. The molecule has 2 fully saturated rings. The van der Waals surface area contributed by atoms with Crippen LogP contribution in [0.25, 0.3) is 21.3 Å². The molecule has 29 nitrogen and oxygen atoms in total. The second-order valence-corrected chi connectivity index (χ2v) is 32.8. The number of pyridine rings is 1. The molecule has 576 valence electrons. The number of carboxylic acid groups (broad SMARTS) is 2. The quantitative estimate of drug-likeness (QED) is 0.0110. The number of carbonyl (C=O) groups excluding carboxylic acids is 9. The van der Waals surface area contributed by atoms with E-state index >= 15 is 0 Å². The summed E-state index contributed by atoms with van der Waals surface area (Å²) in [5, 5.41) is 33.8. The number of imide groups is 1. The summed E-state index contributed by atoms with van der Waals surface area (Å²) < 4.78 is 49.7. The number of aromatic carboxylic acids is 1. The molecule has 10 rings (SSSR count). The van der Waals surface area contributed by atoms with Crippen LogP contribution in [-0.4, -0.2) is 174 Å². The van der Waals surface area contributed by atoms with E-state index in [1.165, 1.54) is 11.3 Å². The van der Waals surface area contributed by atoms with Crippen LogP contribution in [0.4, 0.5) is 20.5 Å². The molecule has 2 aliphatic heterocycles. The number of rotatable bonds is 36. The minimum atomic E-state index is -4.54. The second kappa shape index (κ2) is 34.4. The average molecular weight is 1520 g/mol. The normalized spacial score (nSPS) is 19.8. The molecule has 2 aliphatic carbocycles. The van der Waals surface area contributed by atoms with Gasteiger partial charge in [-0.1, -0.05) is 94.5 Å². The summed E-state index contributed by atoms with van der Waals surface area (Å²) in [6, 6.07) is 21.4. The Morgan fingerprint density at radius 1 is 0.843 bits per heavy atom. The minimum Gasteiger partial charge on any atom is -0.481 e. The Kier molecular flexibility index (Phi) is 25.6. The number of para-hydroxylation sites is 1. The number of nitrogens with zero attached hydrogens (tertiary/aromatic N) is 7. The highest BCUT2D eigenvalue weighted by Crippen LogP contribution is 2.60. The number of anilines is 2. The average Bonchev–Trinajstić information content (AvgIpc) is 0.834. The number of nitrogens with one attached hydrogen (secondary N) is 3. The van der Waals surface area contributed by atoms with E-state index in [1.54, 1.807) is 62.5 Å². The van der Waals surface area contributed by atoms with Gasteiger partial charge in [-0.05, 0) is 140 Å². The molecule has 4 unspecified atom stereocenters. The summed E-state index contributed by atoms with van der Waals surface area (Å²) in [6.07, 6.45) is 5.52. The Bertz CT molecular complexity index is 4540. The van der Waals surface area contributed by atoms with Crippen molar-refractivity contribution >= 4 is 108 Å². The van der Waals surface area contributed by atoms with Gasteiger partial charge < -0.3 is 45.9 Å². The van der Waals surface area contributed by atoms with Crippen molar-refractivity contribution in [2.75, 3.05) is 55.3 Å². The first-order valence-electron chi connectivity index (χ1n) is 36.2. The molecule has 5 heterocycles. The fraction of sp³-hybridized carbons (Fsp3) is 0.481. The third kappa shape index (κ3) is 20.8. The van der Waals surface area contributed by atoms with Gasteiger partial charge in [0, 0.05) is 111 Å². The molecule has 4 aliphatic rings. The predicted molar refractivity (Wildman–Crippen MR) is 399 cm³/mol. The number of amides is 7. The first kappa shape index (κ1) is 80.4. The number of primary amides is 1. The molecule has 0 spiro atoms. The van der Waals surface area contributed by atoms with Crippen molar-refractivity contribution in [3.63, 3.8) is 0 Å². The lowest BCUT2D eigenvalue weighted by molar-refractivity contribution is -0.179. The number of carboxylic acids is 2. The maximum Gasteiger partial charge on any atom is 0.410 e. The lowest BCUT2D eigenvalue weighted by atomic mass is 9.51. The first-order valence-corrected chi connectivity index (χ1v) is 38.6.